The van der Waals surface area contributed by atoms with Gasteiger partial charge in [-0.3, -0.25) is 9.97 Å². The van der Waals surface area contributed by atoms with Crippen LogP contribution in [0.5, 0.6) is 11.5 Å². The number of pyridine rings is 2. The van der Waals surface area contributed by atoms with E-state index in [0.717, 1.165) is 5.56 Å². The first-order chi connectivity index (χ1) is 8.25. The molecule has 2 aromatic rings. The first kappa shape index (κ1) is 13.0. The van der Waals surface area contributed by atoms with Crippen molar-refractivity contribution in [2.75, 3.05) is 5.73 Å². The maximum absolute atomic E-state index is 5.70. The van der Waals surface area contributed by atoms with Crippen LogP contribution in [0.2, 0.25) is 0 Å². The van der Waals surface area contributed by atoms with E-state index in [1.54, 1.807) is 30.9 Å². The normalized spacial score (nSPS) is 9.12. The number of anilines is 1. The summed E-state index contributed by atoms with van der Waals surface area (Å²) in [6.45, 7) is 5.95. The van der Waals surface area contributed by atoms with E-state index >= 15 is 0 Å². The smallest absolute Gasteiger partial charge is 0.153 e. The van der Waals surface area contributed by atoms with E-state index in [9.17, 15) is 0 Å². The maximum atomic E-state index is 5.70. The Labute approximate surface area is 101 Å². The van der Waals surface area contributed by atoms with Gasteiger partial charge in [-0.2, -0.15) is 0 Å². The van der Waals surface area contributed by atoms with Crippen LogP contribution in [0.15, 0.2) is 36.9 Å². The third-order valence-electron chi connectivity index (χ3n) is 1.89. The van der Waals surface area contributed by atoms with Crippen LogP contribution in [-0.4, -0.2) is 9.97 Å². The summed E-state index contributed by atoms with van der Waals surface area (Å²) >= 11 is 0. The Morgan fingerprint density at radius 1 is 1.12 bits per heavy atom. The van der Waals surface area contributed by atoms with Crippen LogP contribution < -0.4 is 10.5 Å². The highest BCUT2D eigenvalue weighted by Gasteiger charge is 2.01. The molecule has 4 nitrogen and oxygen atoms in total. The zero-order valence-corrected chi connectivity index (χ0v) is 10.3. The van der Waals surface area contributed by atoms with Crippen molar-refractivity contribution in [3.63, 3.8) is 0 Å². The number of hydrogen-bond donors (Lipinski definition) is 1. The van der Waals surface area contributed by atoms with E-state index in [-0.39, 0.29) is 0 Å². The second kappa shape index (κ2) is 6.48. The number of hydrogen-bond acceptors (Lipinski definition) is 4. The lowest BCUT2D eigenvalue weighted by Gasteiger charge is -2.07. The third-order valence-corrected chi connectivity index (χ3v) is 1.89. The van der Waals surface area contributed by atoms with Gasteiger partial charge in [0.15, 0.2) is 5.75 Å². The lowest BCUT2D eigenvalue weighted by Crippen LogP contribution is -1.93. The molecular weight excluding hydrogens is 214 g/mol. The van der Waals surface area contributed by atoms with Gasteiger partial charge in [0.05, 0.1) is 18.1 Å². The summed E-state index contributed by atoms with van der Waals surface area (Å²) < 4.78 is 5.56. The van der Waals surface area contributed by atoms with Gasteiger partial charge in [-0.15, -0.1) is 0 Å². The minimum Gasteiger partial charge on any atom is -0.453 e. The molecule has 0 unspecified atom stereocenters. The predicted octanol–water partition coefficient (Wildman–Crippen LogP) is 3.19. The molecule has 0 atom stereocenters. The molecule has 2 aromatic heterocycles. The molecule has 2 N–H and O–H groups in total. The molecule has 0 radical (unpaired) electrons. The molecule has 0 aliphatic heterocycles. The van der Waals surface area contributed by atoms with E-state index in [1.807, 2.05) is 26.8 Å². The van der Waals surface area contributed by atoms with Crippen LogP contribution >= 0.6 is 0 Å². The van der Waals surface area contributed by atoms with Gasteiger partial charge in [0.25, 0.3) is 0 Å². The Hall–Kier alpha value is -2.10. The predicted molar refractivity (Wildman–Crippen MR) is 69.0 cm³/mol. The molecule has 0 amide bonds. The first-order valence-corrected chi connectivity index (χ1v) is 5.55. The van der Waals surface area contributed by atoms with Crippen molar-refractivity contribution in [1.82, 2.24) is 9.97 Å². The summed E-state index contributed by atoms with van der Waals surface area (Å²) in [5.74, 6) is 1.27. The summed E-state index contributed by atoms with van der Waals surface area (Å²) in [5, 5.41) is 0. The van der Waals surface area contributed by atoms with Crippen LogP contribution in [-0.2, 0) is 0 Å². The minimum atomic E-state index is 0.513. The molecule has 0 aliphatic rings. The first-order valence-electron chi connectivity index (χ1n) is 5.55. The fourth-order valence-electron chi connectivity index (χ4n) is 1.20. The van der Waals surface area contributed by atoms with Crippen molar-refractivity contribution in [1.29, 1.82) is 0 Å². The van der Waals surface area contributed by atoms with Crippen molar-refractivity contribution in [2.45, 2.75) is 20.8 Å². The molecule has 0 fully saturated rings. The number of nitrogen functional groups attached to an aromatic ring is 1. The van der Waals surface area contributed by atoms with Gasteiger partial charge in [0.1, 0.15) is 5.75 Å². The van der Waals surface area contributed by atoms with Gasteiger partial charge in [0.2, 0.25) is 0 Å². The van der Waals surface area contributed by atoms with Crippen LogP contribution in [0.1, 0.15) is 19.4 Å². The average Bonchev–Trinajstić information content (AvgIpc) is 2.35. The molecule has 0 aromatic carbocycles. The van der Waals surface area contributed by atoms with E-state index in [0.29, 0.717) is 17.2 Å². The minimum absolute atomic E-state index is 0.513. The van der Waals surface area contributed by atoms with Crippen molar-refractivity contribution in [2.24, 2.45) is 0 Å². The second-order valence-electron chi connectivity index (χ2n) is 3.21. The molecule has 0 bridgehead atoms. The van der Waals surface area contributed by atoms with E-state index in [4.69, 9.17) is 10.5 Å². The Balaban J connectivity index is 0.000000686. The van der Waals surface area contributed by atoms with Crippen molar-refractivity contribution >= 4 is 5.69 Å². The highest BCUT2D eigenvalue weighted by molar-refractivity contribution is 5.51. The van der Waals surface area contributed by atoms with Crippen LogP contribution in [0.25, 0.3) is 0 Å². The molecular formula is C13H17N3O. The van der Waals surface area contributed by atoms with E-state index in [1.165, 1.54) is 0 Å². The summed E-state index contributed by atoms with van der Waals surface area (Å²) in [5.41, 5.74) is 7.25. The Morgan fingerprint density at radius 3 is 2.53 bits per heavy atom. The van der Waals surface area contributed by atoms with Crippen LogP contribution in [0.3, 0.4) is 0 Å². The molecule has 90 valence electrons. The topological polar surface area (TPSA) is 61.0 Å². The summed E-state index contributed by atoms with van der Waals surface area (Å²) in [4.78, 5) is 7.91. The summed E-state index contributed by atoms with van der Waals surface area (Å²) in [6.07, 6.45) is 6.60. The fourth-order valence-corrected chi connectivity index (χ4v) is 1.20. The maximum Gasteiger partial charge on any atom is 0.153 e. The molecule has 2 rings (SSSR count). The number of rotatable bonds is 2. The third kappa shape index (κ3) is 3.75. The Kier molecular flexibility index (Phi) is 4.94. The van der Waals surface area contributed by atoms with Crippen molar-refractivity contribution < 1.29 is 4.74 Å². The fraction of sp³-hybridized carbons (Fsp3) is 0.231. The highest BCUT2D eigenvalue weighted by atomic mass is 16.5. The van der Waals surface area contributed by atoms with Gasteiger partial charge in [-0.25, -0.2) is 0 Å². The Morgan fingerprint density at radius 2 is 1.88 bits per heavy atom. The second-order valence-corrected chi connectivity index (χ2v) is 3.21. The van der Waals surface area contributed by atoms with Gasteiger partial charge >= 0.3 is 0 Å². The van der Waals surface area contributed by atoms with Crippen LogP contribution in [0, 0.1) is 6.92 Å². The van der Waals surface area contributed by atoms with E-state index < -0.39 is 0 Å². The van der Waals surface area contributed by atoms with Crippen molar-refractivity contribution in [3.05, 3.63) is 42.5 Å². The lowest BCUT2D eigenvalue weighted by molar-refractivity contribution is 0.481. The molecule has 0 saturated heterocycles. The number of nitrogens with zero attached hydrogens (tertiary/aromatic N) is 2. The summed E-state index contributed by atoms with van der Waals surface area (Å²) in [7, 11) is 0. The molecule has 0 aliphatic carbocycles. The largest absolute Gasteiger partial charge is 0.453 e. The van der Waals surface area contributed by atoms with Gasteiger partial charge in [-0.05, 0) is 18.6 Å². The van der Waals surface area contributed by atoms with E-state index in [2.05, 4.69) is 9.97 Å². The number of aromatic nitrogens is 2. The Bertz CT molecular complexity index is 472. The highest BCUT2D eigenvalue weighted by Crippen LogP contribution is 2.25. The molecule has 17 heavy (non-hydrogen) atoms. The van der Waals surface area contributed by atoms with Crippen molar-refractivity contribution in [3.8, 4) is 11.5 Å². The lowest BCUT2D eigenvalue weighted by atomic mass is 10.3. The van der Waals surface area contributed by atoms with Gasteiger partial charge in [0, 0.05) is 18.5 Å². The SMILES string of the molecule is CC.Cc1cncc(Oc2ccncc2N)c1. The van der Waals surface area contributed by atoms with Crippen LogP contribution in [0.4, 0.5) is 5.69 Å². The molecule has 2 heterocycles. The summed E-state index contributed by atoms with van der Waals surface area (Å²) in [6, 6.07) is 3.62. The molecule has 0 saturated carbocycles. The number of ether oxygens (including phenoxy) is 1. The monoisotopic (exact) mass is 231 g/mol. The van der Waals surface area contributed by atoms with Gasteiger partial charge < -0.3 is 10.5 Å². The quantitative estimate of drug-likeness (QED) is 0.862. The standard InChI is InChI=1S/C11H11N3O.C2H6/c1-8-4-9(6-14-5-8)15-11-2-3-13-7-10(11)12;1-2/h2-7H,12H2,1H3;1-2H3. The zero-order valence-electron chi connectivity index (χ0n) is 10.3. The molecule has 0 spiro atoms. The van der Waals surface area contributed by atoms with Gasteiger partial charge in [-0.1, -0.05) is 13.8 Å². The molecule has 4 heteroatoms. The zero-order chi connectivity index (χ0) is 12.7. The number of aryl methyl sites for hydroxylation is 1. The average molecular weight is 231 g/mol. The number of nitrogens with two attached hydrogens (primary N) is 1.